The summed E-state index contributed by atoms with van der Waals surface area (Å²) < 4.78 is 23.2. The SMILES string of the molecule is CS(=O)(=O)c1ccc(CN2CCCC(Nc3ccc4c(=O)[nH]ccc4c3)C2)cc1. The quantitative estimate of drug-likeness (QED) is 0.674. The smallest absolute Gasteiger partial charge is 0.255 e. The molecule has 0 bridgehead atoms. The van der Waals surface area contributed by atoms with Gasteiger partial charge in [0.2, 0.25) is 0 Å². The average Bonchev–Trinajstić information content (AvgIpc) is 2.68. The molecular formula is C22H25N3O3S. The topological polar surface area (TPSA) is 82.3 Å². The molecular weight excluding hydrogens is 386 g/mol. The zero-order valence-corrected chi connectivity index (χ0v) is 17.2. The van der Waals surface area contributed by atoms with Crippen molar-refractivity contribution >= 4 is 26.3 Å². The molecule has 1 aromatic heterocycles. The molecule has 1 unspecified atom stereocenters. The molecule has 2 heterocycles. The van der Waals surface area contributed by atoms with Gasteiger partial charge in [0.15, 0.2) is 9.84 Å². The zero-order valence-electron chi connectivity index (χ0n) is 16.4. The van der Waals surface area contributed by atoms with Crippen molar-refractivity contribution in [1.82, 2.24) is 9.88 Å². The maximum Gasteiger partial charge on any atom is 0.255 e. The molecule has 1 saturated heterocycles. The van der Waals surface area contributed by atoms with Crippen molar-refractivity contribution in [3.63, 3.8) is 0 Å². The summed E-state index contributed by atoms with van der Waals surface area (Å²) in [4.78, 5) is 17.3. The summed E-state index contributed by atoms with van der Waals surface area (Å²) in [7, 11) is -3.16. The second kappa shape index (κ2) is 8.00. The Labute approximate surface area is 170 Å². The van der Waals surface area contributed by atoms with Crippen molar-refractivity contribution in [3.05, 3.63) is 70.6 Å². The first-order chi connectivity index (χ1) is 13.9. The second-order valence-corrected chi connectivity index (χ2v) is 9.76. The fraction of sp³-hybridized carbons (Fsp3) is 0.318. The van der Waals surface area contributed by atoms with Crippen LogP contribution in [0.4, 0.5) is 5.69 Å². The van der Waals surface area contributed by atoms with Crippen LogP contribution in [0, 0.1) is 0 Å². The van der Waals surface area contributed by atoms with Gasteiger partial charge in [-0.3, -0.25) is 9.69 Å². The van der Waals surface area contributed by atoms with Gasteiger partial charge in [0.05, 0.1) is 4.90 Å². The average molecular weight is 412 g/mol. The van der Waals surface area contributed by atoms with E-state index in [0.717, 1.165) is 49.1 Å². The molecule has 1 aliphatic rings. The number of hydrogen-bond donors (Lipinski definition) is 2. The Morgan fingerprint density at radius 3 is 2.69 bits per heavy atom. The normalized spacial score (nSPS) is 18.0. The number of fused-ring (bicyclic) bond motifs is 1. The van der Waals surface area contributed by atoms with Gasteiger partial charge in [-0.1, -0.05) is 12.1 Å². The number of benzene rings is 2. The summed E-state index contributed by atoms with van der Waals surface area (Å²) in [6.07, 6.45) is 5.10. The molecule has 1 fully saturated rings. The van der Waals surface area contributed by atoms with Gasteiger partial charge in [0.25, 0.3) is 5.56 Å². The van der Waals surface area contributed by atoms with E-state index in [1.807, 2.05) is 36.4 Å². The van der Waals surface area contributed by atoms with Crippen LogP contribution < -0.4 is 10.9 Å². The number of anilines is 1. The number of sulfone groups is 1. The highest BCUT2D eigenvalue weighted by Gasteiger charge is 2.20. The van der Waals surface area contributed by atoms with Crippen molar-refractivity contribution < 1.29 is 8.42 Å². The van der Waals surface area contributed by atoms with Crippen molar-refractivity contribution in [1.29, 1.82) is 0 Å². The van der Waals surface area contributed by atoms with Gasteiger partial charge in [-0.15, -0.1) is 0 Å². The number of aromatic amines is 1. The van der Waals surface area contributed by atoms with Crippen LogP contribution in [-0.4, -0.2) is 43.7 Å². The number of likely N-dealkylation sites (tertiary alicyclic amines) is 1. The van der Waals surface area contributed by atoms with Crippen LogP contribution in [0.3, 0.4) is 0 Å². The van der Waals surface area contributed by atoms with E-state index in [1.54, 1.807) is 18.3 Å². The van der Waals surface area contributed by atoms with E-state index in [2.05, 4.69) is 15.2 Å². The minimum atomic E-state index is -3.16. The molecule has 152 valence electrons. The van der Waals surface area contributed by atoms with Gasteiger partial charge in [-0.05, 0) is 66.7 Å². The van der Waals surface area contributed by atoms with E-state index in [4.69, 9.17) is 0 Å². The predicted molar refractivity (Wildman–Crippen MR) is 116 cm³/mol. The number of rotatable bonds is 5. The molecule has 0 aliphatic carbocycles. The van der Waals surface area contributed by atoms with Crippen molar-refractivity contribution in [2.45, 2.75) is 30.3 Å². The first-order valence-electron chi connectivity index (χ1n) is 9.78. The first kappa shape index (κ1) is 19.7. The summed E-state index contributed by atoms with van der Waals surface area (Å²) in [6, 6.07) is 15.2. The molecule has 0 amide bonds. The van der Waals surface area contributed by atoms with E-state index in [0.29, 0.717) is 16.3 Å². The lowest BCUT2D eigenvalue weighted by Gasteiger charge is -2.33. The maximum absolute atomic E-state index is 11.9. The van der Waals surface area contributed by atoms with Crippen LogP contribution in [0.5, 0.6) is 0 Å². The molecule has 0 spiro atoms. The number of piperidine rings is 1. The summed E-state index contributed by atoms with van der Waals surface area (Å²) in [6.45, 7) is 2.75. The van der Waals surface area contributed by atoms with Gasteiger partial charge in [0.1, 0.15) is 0 Å². The molecule has 4 rings (SSSR count). The highest BCUT2D eigenvalue weighted by Crippen LogP contribution is 2.21. The Morgan fingerprint density at radius 2 is 1.93 bits per heavy atom. The monoisotopic (exact) mass is 411 g/mol. The maximum atomic E-state index is 11.9. The molecule has 1 atom stereocenters. The molecule has 7 heteroatoms. The Hall–Kier alpha value is -2.64. The Morgan fingerprint density at radius 1 is 1.14 bits per heavy atom. The third-order valence-electron chi connectivity index (χ3n) is 5.41. The molecule has 2 aromatic carbocycles. The predicted octanol–water partition coefficient (Wildman–Crippen LogP) is 3.01. The number of hydrogen-bond acceptors (Lipinski definition) is 5. The summed E-state index contributed by atoms with van der Waals surface area (Å²) >= 11 is 0. The Balaban J connectivity index is 1.41. The fourth-order valence-electron chi connectivity index (χ4n) is 3.93. The van der Waals surface area contributed by atoms with Gasteiger partial charge in [0, 0.05) is 42.7 Å². The highest BCUT2D eigenvalue weighted by atomic mass is 32.2. The fourth-order valence-corrected chi connectivity index (χ4v) is 4.57. The van der Waals surface area contributed by atoms with Gasteiger partial charge in [-0.25, -0.2) is 8.42 Å². The zero-order chi connectivity index (χ0) is 20.4. The summed E-state index contributed by atoms with van der Waals surface area (Å²) in [5, 5.41) is 5.23. The highest BCUT2D eigenvalue weighted by molar-refractivity contribution is 7.90. The lowest BCUT2D eigenvalue weighted by Crippen LogP contribution is -2.41. The number of H-pyrrole nitrogens is 1. The number of nitrogens with zero attached hydrogens (tertiary/aromatic N) is 1. The van der Waals surface area contributed by atoms with E-state index in [1.165, 1.54) is 6.26 Å². The first-order valence-corrected chi connectivity index (χ1v) is 11.7. The van der Waals surface area contributed by atoms with Crippen LogP contribution in [0.1, 0.15) is 18.4 Å². The second-order valence-electron chi connectivity index (χ2n) is 7.74. The van der Waals surface area contributed by atoms with Crippen molar-refractivity contribution in [2.24, 2.45) is 0 Å². The number of aromatic nitrogens is 1. The molecule has 2 N–H and O–H groups in total. The molecule has 29 heavy (non-hydrogen) atoms. The summed E-state index contributed by atoms with van der Waals surface area (Å²) in [5.41, 5.74) is 2.07. The Kier molecular flexibility index (Phi) is 5.43. The van der Waals surface area contributed by atoms with Crippen LogP contribution >= 0.6 is 0 Å². The number of pyridine rings is 1. The van der Waals surface area contributed by atoms with Crippen LogP contribution in [-0.2, 0) is 16.4 Å². The third-order valence-corrected chi connectivity index (χ3v) is 6.54. The lowest BCUT2D eigenvalue weighted by molar-refractivity contribution is 0.208. The van der Waals surface area contributed by atoms with E-state index >= 15 is 0 Å². The molecule has 6 nitrogen and oxygen atoms in total. The van der Waals surface area contributed by atoms with E-state index < -0.39 is 9.84 Å². The largest absolute Gasteiger partial charge is 0.381 e. The van der Waals surface area contributed by atoms with Crippen molar-refractivity contribution in [3.8, 4) is 0 Å². The Bertz CT molecular complexity index is 1170. The van der Waals surface area contributed by atoms with Crippen LogP contribution in [0.25, 0.3) is 10.8 Å². The van der Waals surface area contributed by atoms with Crippen LogP contribution in [0.15, 0.2) is 64.4 Å². The van der Waals surface area contributed by atoms with Crippen molar-refractivity contribution in [2.75, 3.05) is 24.7 Å². The minimum Gasteiger partial charge on any atom is -0.381 e. The molecule has 1 aliphatic heterocycles. The van der Waals surface area contributed by atoms with E-state index in [9.17, 15) is 13.2 Å². The van der Waals surface area contributed by atoms with E-state index in [-0.39, 0.29) is 5.56 Å². The third kappa shape index (κ3) is 4.68. The molecule has 3 aromatic rings. The number of nitrogens with one attached hydrogen (secondary N) is 2. The van der Waals surface area contributed by atoms with Crippen LogP contribution in [0.2, 0.25) is 0 Å². The standard InChI is InChI=1S/C22H25N3O3S/c1-29(27,28)20-7-4-16(5-8-20)14-25-12-2-3-19(15-25)24-18-6-9-21-17(13-18)10-11-23-22(21)26/h4-11,13,19,24H,2-3,12,14-15H2,1H3,(H,23,26). The summed E-state index contributed by atoms with van der Waals surface area (Å²) in [5.74, 6) is 0. The molecule has 0 saturated carbocycles. The van der Waals surface area contributed by atoms with Gasteiger partial charge < -0.3 is 10.3 Å². The van der Waals surface area contributed by atoms with Gasteiger partial charge in [-0.2, -0.15) is 0 Å². The molecule has 0 radical (unpaired) electrons. The van der Waals surface area contributed by atoms with Gasteiger partial charge >= 0.3 is 0 Å². The minimum absolute atomic E-state index is 0.0696. The lowest BCUT2D eigenvalue weighted by atomic mass is 10.0.